The number of para-hydroxylation sites is 1. The number of nitrogens with zero attached hydrogens (tertiary/aromatic N) is 2. The summed E-state index contributed by atoms with van der Waals surface area (Å²) >= 11 is 0. The van der Waals surface area contributed by atoms with Gasteiger partial charge in [-0.05, 0) is 27.2 Å². The first-order chi connectivity index (χ1) is 9.52. The zero-order valence-corrected chi connectivity index (χ0v) is 12.7. The highest BCUT2D eigenvalue weighted by Crippen LogP contribution is 2.17. The van der Waals surface area contributed by atoms with E-state index in [2.05, 4.69) is 9.80 Å². The van der Waals surface area contributed by atoms with Crippen molar-refractivity contribution in [1.82, 2.24) is 9.80 Å². The van der Waals surface area contributed by atoms with Gasteiger partial charge in [0.2, 0.25) is 0 Å². The van der Waals surface area contributed by atoms with Crippen molar-refractivity contribution in [2.75, 3.05) is 47.4 Å². The first-order valence-corrected chi connectivity index (χ1v) is 6.95. The molecule has 1 atom stereocenters. The molecule has 1 aromatic rings. The van der Waals surface area contributed by atoms with Crippen LogP contribution in [0.3, 0.4) is 0 Å². The number of aliphatic hydroxyl groups excluding tert-OH is 1. The normalized spacial score (nSPS) is 12.9. The van der Waals surface area contributed by atoms with Crippen molar-refractivity contribution < 1.29 is 9.84 Å². The molecule has 0 radical (unpaired) electrons. The molecule has 0 bridgehead atoms. The monoisotopic (exact) mass is 281 g/mol. The molecule has 0 aromatic heterocycles. The minimum atomic E-state index is -0.506. The zero-order valence-electron chi connectivity index (χ0n) is 12.7. The molecule has 1 rings (SSSR count). The lowest BCUT2D eigenvalue weighted by Crippen LogP contribution is -2.36. The zero-order chi connectivity index (χ0) is 15.0. The molecule has 0 amide bonds. The van der Waals surface area contributed by atoms with E-state index in [4.69, 9.17) is 10.5 Å². The Labute approximate surface area is 121 Å². The number of hydrogen-bond acceptors (Lipinski definition) is 5. The number of benzene rings is 1. The van der Waals surface area contributed by atoms with Crippen LogP contribution in [-0.2, 0) is 6.54 Å². The first kappa shape index (κ1) is 16.9. The van der Waals surface area contributed by atoms with Gasteiger partial charge in [0.1, 0.15) is 18.5 Å². The maximum Gasteiger partial charge on any atom is 0.123 e. The van der Waals surface area contributed by atoms with E-state index in [1.165, 1.54) is 0 Å². The Morgan fingerprint density at radius 1 is 1.20 bits per heavy atom. The smallest absolute Gasteiger partial charge is 0.123 e. The summed E-state index contributed by atoms with van der Waals surface area (Å²) < 4.78 is 5.65. The topological polar surface area (TPSA) is 62.0 Å². The van der Waals surface area contributed by atoms with Crippen LogP contribution in [0.5, 0.6) is 5.75 Å². The average Bonchev–Trinajstić information content (AvgIpc) is 2.43. The van der Waals surface area contributed by atoms with Gasteiger partial charge in [0.05, 0.1) is 0 Å². The number of ether oxygens (including phenoxy) is 1. The highest BCUT2D eigenvalue weighted by Gasteiger charge is 2.10. The maximum atomic E-state index is 10.00. The summed E-state index contributed by atoms with van der Waals surface area (Å²) in [4.78, 5) is 4.22. The summed E-state index contributed by atoms with van der Waals surface area (Å²) in [5.41, 5.74) is 6.61. The van der Waals surface area contributed by atoms with Crippen LogP contribution in [0, 0.1) is 0 Å². The fourth-order valence-electron chi connectivity index (χ4n) is 1.87. The maximum absolute atomic E-state index is 10.00. The third-order valence-corrected chi connectivity index (χ3v) is 3.08. The van der Waals surface area contributed by atoms with E-state index in [0.29, 0.717) is 13.1 Å². The van der Waals surface area contributed by atoms with Crippen LogP contribution in [0.4, 0.5) is 0 Å². The van der Waals surface area contributed by atoms with Gasteiger partial charge in [-0.1, -0.05) is 18.2 Å². The Morgan fingerprint density at radius 3 is 2.55 bits per heavy atom. The van der Waals surface area contributed by atoms with Gasteiger partial charge in [0, 0.05) is 31.7 Å². The Bertz CT molecular complexity index is 385. The van der Waals surface area contributed by atoms with Gasteiger partial charge < -0.3 is 25.4 Å². The molecule has 0 aliphatic rings. The average molecular weight is 281 g/mol. The van der Waals surface area contributed by atoms with Gasteiger partial charge in [-0.25, -0.2) is 0 Å². The molecule has 0 aliphatic carbocycles. The van der Waals surface area contributed by atoms with Gasteiger partial charge in [0.25, 0.3) is 0 Å². The van der Waals surface area contributed by atoms with Crippen molar-refractivity contribution in [3.05, 3.63) is 29.8 Å². The Kier molecular flexibility index (Phi) is 7.54. The predicted octanol–water partition coefficient (Wildman–Crippen LogP) is 0.378. The van der Waals surface area contributed by atoms with Crippen molar-refractivity contribution in [2.45, 2.75) is 12.6 Å². The van der Waals surface area contributed by atoms with Crippen LogP contribution in [0.2, 0.25) is 0 Å². The molecule has 5 heteroatoms. The second-order valence-corrected chi connectivity index (χ2v) is 5.34. The van der Waals surface area contributed by atoms with E-state index in [1.807, 2.05) is 45.4 Å². The summed E-state index contributed by atoms with van der Waals surface area (Å²) in [6.07, 6.45) is -0.506. The highest BCUT2D eigenvalue weighted by molar-refractivity contribution is 5.32. The standard InChI is InChI=1S/C15H27N3O2/c1-17(2)8-9-18(3)11-14(19)12-20-15-7-5-4-6-13(15)10-16/h4-7,14,19H,8-12,16H2,1-3H3. The molecule has 0 fully saturated rings. The second kappa shape index (κ2) is 8.92. The van der Waals surface area contributed by atoms with Crippen molar-refractivity contribution in [1.29, 1.82) is 0 Å². The second-order valence-electron chi connectivity index (χ2n) is 5.34. The van der Waals surface area contributed by atoms with Crippen LogP contribution < -0.4 is 10.5 Å². The molecule has 0 saturated carbocycles. The number of nitrogens with two attached hydrogens (primary N) is 1. The molecule has 0 saturated heterocycles. The van der Waals surface area contributed by atoms with E-state index < -0.39 is 6.10 Å². The predicted molar refractivity (Wildman–Crippen MR) is 81.9 cm³/mol. The SMILES string of the molecule is CN(C)CCN(C)CC(O)COc1ccccc1CN. The summed E-state index contributed by atoms with van der Waals surface area (Å²) in [7, 11) is 6.08. The van der Waals surface area contributed by atoms with Crippen LogP contribution >= 0.6 is 0 Å². The molecule has 3 N–H and O–H groups in total. The molecular formula is C15H27N3O2. The number of rotatable bonds is 9. The van der Waals surface area contributed by atoms with Crippen LogP contribution in [0.25, 0.3) is 0 Å². The molecule has 0 heterocycles. The number of aliphatic hydroxyl groups is 1. The highest BCUT2D eigenvalue weighted by atomic mass is 16.5. The van der Waals surface area contributed by atoms with E-state index in [9.17, 15) is 5.11 Å². The van der Waals surface area contributed by atoms with Crippen molar-refractivity contribution in [3.8, 4) is 5.75 Å². The lowest BCUT2D eigenvalue weighted by atomic mass is 10.2. The molecule has 1 unspecified atom stereocenters. The van der Waals surface area contributed by atoms with Gasteiger partial charge in [-0.15, -0.1) is 0 Å². The van der Waals surface area contributed by atoms with Crippen molar-refractivity contribution in [3.63, 3.8) is 0 Å². The lowest BCUT2D eigenvalue weighted by Gasteiger charge is -2.22. The van der Waals surface area contributed by atoms with Crippen molar-refractivity contribution in [2.24, 2.45) is 5.73 Å². The summed E-state index contributed by atoms with van der Waals surface area (Å²) in [6, 6.07) is 7.65. The number of hydrogen-bond donors (Lipinski definition) is 2. The Hall–Kier alpha value is -1.14. The largest absolute Gasteiger partial charge is 0.491 e. The Morgan fingerprint density at radius 2 is 1.90 bits per heavy atom. The van der Waals surface area contributed by atoms with Crippen molar-refractivity contribution >= 4 is 0 Å². The molecule has 20 heavy (non-hydrogen) atoms. The Balaban J connectivity index is 2.33. The number of likely N-dealkylation sites (N-methyl/N-ethyl adjacent to an activating group) is 2. The van der Waals surface area contributed by atoms with Crippen LogP contribution in [0.15, 0.2) is 24.3 Å². The van der Waals surface area contributed by atoms with E-state index in [1.54, 1.807) is 0 Å². The molecule has 5 nitrogen and oxygen atoms in total. The summed E-state index contributed by atoms with van der Waals surface area (Å²) in [5.74, 6) is 0.755. The van der Waals surface area contributed by atoms with Gasteiger partial charge in [-0.2, -0.15) is 0 Å². The summed E-state index contributed by atoms with van der Waals surface area (Å²) in [6.45, 7) is 3.21. The molecule has 0 spiro atoms. The van der Waals surface area contributed by atoms with Crippen LogP contribution in [0.1, 0.15) is 5.56 Å². The minimum Gasteiger partial charge on any atom is -0.491 e. The fraction of sp³-hybridized carbons (Fsp3) is 0.600. The first-order valence-electron chi connectivity index (χ1n) is 6.95. The molecule has 1 aromatic carbocycles. The third-order valence-electron chi connectivity index (χ3n) is 3.08. The van der Waals surface area contributed by atoms with E-state index in [-0.39, 0.29) is 6.61 Å². The molecule has 0 aliphatic heterocycles. The van der Waals surface area contributed by atoms with E-state index in [0.717, 1.165) is 24.4 Å². The molecular weight excluding hydrogens is 254 g/mol. The van der Waals surface area contributed by atoms with Gasteiger partial charge in [0.15, 0.2) is 0 Å². The fourth-order valence-corrected chi connectivity index (χ4v) is 1.87. The minimum absolute atomic E-state index is 0.281. The third kappa shape index (κ3) is 6.34. The molecule has 114 valence electrons. The van der Waals surface area contributed by atoms with E-state index >= 15 is 0 Å². The van der Waals surface area contributed by atoms with Gasteiger partial charge >= 0.3 is 0 Å². The summed E-state index contributed by atoms with van der Waals surface area (Å²) in [5, 5.41) is 10.00. The van der Waals surface area contributed by atoms with Gasteiger partial charge in [-0.3, -0.25) is 0 Å². The quantitative estimate of drug-likeness (QED) is 0.685. The lowest BCUT2D eigenvalue weighted by molar-refractivity contribution is 0.0742. The van der Waals surface area contributed by atoms with Crippen LogP contribution in [-0.4, -0.2) is 68.4 Å².